The summed E-state index contributed by atoms with van der Waals surface area (Å²) in [5.74, 6) is 0.842. The average molecular weight is 427 g/mol. The molecule has 0 bridgehead atoms. The highest BCUT2D eigenvalue weighted by molar-refractivity contribution is 7.09. The van der Waals surface area contributed by atoms with Crippen molar-refractivity contribution in [3.05, 3.63) is 39.8 Å². The SMILES string of the molecule is COc1ccc(C(=O)N2CCN(C(=O)c3csc(CN)n3)CC2)c(OC)c1.Cl. The Bertz CT molecular complexity index is 837. The molecule has 0 aliphatic carbocycles. The molecule has 152 valence electrons. The number of amides is 2. The molecular weight excluding hydrogens is 404 g/mol. The Morgan fingerprint density at radius 1 is 1.11 bits per heavy atom. The van der Waals surface area contributed by atoms with Gasteiger partial charge in [0.15, 0.2) is 0 Å². The molecule has 10 heteroatoms. The third kappa shape index (κ3) is 4.54. The highest BCUT2D eigenvalue weighted by Crippen LogP contribution is 2.26. The zero-order chi connectivity index (χ0) is 19.4. The molecule has 0 radical (unpaired) electrons. The predicted molar refractivity (Wildman–Crippen MR) is 109 cm³/mol. The number of aromatic nitrogens is 1. The van der Waals surface area contributed by atoms with E-state index >= 15 is 0 Å². The second kappa shape index (κ2) is 9.72. The van der Waals surface area contributed by atoms with Gasteiger partial charge in [0, 0.05) is 44.2 Å². The normalized spacial score (nSPS) is 13.7. The van der Waals surface area contributed by atoms with Crippen LogP contribution in [0.4, 0.5) is 0 Å². The third-order valence-electron chi connectivity index (χ3n) is 4.44. The van der Waals surface area contributed by atoms with E-state index in [-0.39, 0.29) is 24.2 Å². The van der Waals surface area contributed by atoms with Crippen LogP contribution in [0.25, 0.3) is 0 Å². The van der Waals surface area contributed by atoms with Crippen molar-refractivity contribution in [1.82, 2.24) is 14.8 Å². The molecule has 2 N–H and O–H groups in total. The number of halogens is 1. The summed E-state index contributed by atoms with van der Waals surface area (Å²) in [6.45, 7) is 2.14. The lowest BCUT2D eigenvalue weighted by Gasteiger charge is -2.34. The van der Waals surface area contributed by atoms with E-state index in [1.165, 1.54) is 18.4 Å². The standard InChI is InChI=1S/C18H22N4O4S.ClH/c1-25-12-3-4-13(15(9-12)26-2)17(23)21-5-7-22(8-6-21)18(24)14-11-27-16(10-19)20-14;/h3-4,9,11H,5-8,10,19H2,1-2H3;1H. The number of nitrogens with zero attached hydrogens (tertiary/aromatic N) is 3. The van der Waals surface area contributed by atoms with Crippen LogP contribution in [0, 0.1) is 0 Å². The maximum Gasteiger partial charge on any atom is 0.273 e. The lowest BCUT2D eigenvalue weighted by Crippen LogP contribution is -2.50. The van der Waals surface area contributed by atoms with Gasteiger partial charge in [0.25, 0.3) is 11.8 Å². The van der Waals surface area contributed by atoms with E-state index in [0.717, 1.165) is 5.01 Å². The van der Waals surface area contributed by atoms with Crippen LogP contribution < -0.4 is 15.2 Å². The molecule has 1 aliphatic rings. The summed E-state index contributed by atoms with van der Waals surface area (Å²) in [6.07, 6.45) is 0. The number of hydrogen-bond acceptors (Lipinski definition) is 7. The molecule has 1 aliphatic heterocycles. The van der Waals surface area contributed by atoms with Crippen molar-refractivity contribution in [2.45, 2.75) is 6.54 Å². The van der Waals surface area contributed by atoms with Crippen LogP contribution in [0.15, 0.2) is 23.6 Å². The molecule has 1 fully saturated rings. The lowest BCUT2D eigenvalue weighted by atomic mass is 10.1. The quantitative estimate of drug-likeness (QED) is 0.780. The van der Waals surface area contributed by atoms with E-state index in [9.17, 15) is 9.59 Å². The summed E-state index contributed by atoms with van der Waals surface area (Å²) >= 11 is 1.38. The van der Waals surface area contributed by atoms with Gasteiger partial charge in [0.05, 0.1) is 19.8 Å². The molecule has 0 spiro atoms. The van der Waals surface area contributed by atoms with E-state index in [4.69, 9.17) is 15.2 Å². The number of nitrogens with two attached hydrogens (primary N) is 1. The van der Waals surface area contributed by atoms with Gasteiger partial charge < -0.3 is 25.0 Å². The average Bonchev–Trinajstić information content (AvgIpc) is 3.21. The maximum absolute atomic E-state index is 12.8. The van der Waals surface area contributed by atoms with E-state index in [1.54, 1.807) is 40.5 Å². The van der Waals surface area contributed by atoms with Gasteiger partial charge in [0.1, 0.15) is 22.2 Å². The fourth-order valence-electron chi connectivity index (χ4n) is 2.92. The minimum absolute atomic E-state index is 0. The zero-order valence-corrected chi connectivity index (χ0v) is 17.3. The van der Waals surface area contributed by atoms with Crippen LogP contribution in [-0.2, 0) is 6.54 Å². The van der Waals surface area contributed by atoms with Gasteiger partial charge in [-0.15, -0.1) is 23.7 Å². The highest BCUT2D eigenvalue weighted by Gasteiger charge is 2.28. The summed E-state index contributed by atoms with van der Waals surface area (Å²) in [4.78, 5) is 33.1. The molecule has 1 aromatic carbocycles. The van der Waals surface area contributed by atoms with Gasteiger partial charge >= 0.3 is 0 Å². The molecule has 0 unspecified atom stereocenters. The van der Waals surface area contributed by atoms with Crippen molar-refractivity contribution in [3.8, 4) is 11.5 Å². The van der Waals surface area contributed by atoms with Gasteiger partial charge in [-0.3, -0.25) is 9.59 Å². The highest BCUT2D eigenvalue weighted by atomic mass is 35.5. The third-order valence-corrected chi connectivity index (χ3v) is 5.31. The smallest absolute Gasteiger partial charge is 0.273 e. The largest absolute Gasteiger partial charge is 0.497 e. The van der Waals surface area contributed by atoms with E-state index in [2.05, 4.69) is 4.98 Å². The van der Waals surface area contributed by atoms with Crippen molar-refractivity contribution in [1.29, 1.82) is 0 Å². The minimum atomic E-state index is -0.125. The molecule has 2 aromatic rings. The van der Waals surface area contributed by atoms with E-state index < -0.39 is 0 Å². The zero-order valence-electron chi connectivity index (χ0n) is 15.7. The number of ether oxygens (including phenoxy) is 2. The Balaban J connectivity index is 0.00000280. The predicted octanol–water partition coefficient (Wildman–Crippen LogP) is 1.64. The first kappa shape index (κ1) is 21.9. The summed E-state index contributed by atoms with van der Waals surface area (Å²) in [6, 6.07) is 5.11. The molecule has 2 heterocycles. The van der Waals surface area contributed by atoms with Crippen LogP contribution in [0.3, 0.4) is 0 Å². The van der Waals surface area contributed by atoms with Crippen LogP contribution in [0.2, 0.25) is 0 Å². The molecule has 0 saturated carbocycles. The second-order valence-electron chi connectivity index (χ2n) is 5.98. The van der Waals surface area contributed by atoms with Gasteiger partial charge in [-0.25, -0.2) is 4.98 Å². The topological polar surface area (TPSA) is 98.0 Å². The fourth-order valence-corrected chi connectivity index (χ4v) is 3.57. The molecule has 8 nitrogen and oxygen atoms in total. The van der Waals surface area contributed by atoms with E-state index in [0.29, 0.717) is 55.5 Å². The second-order valence-corrected chi connectivity index (χ2v) is 6.92. The first-order chi connectivity index (χ1) is 13.1. The Labute approximate surface area is 173 Å². The molecule has 1 saturated heterocycles. The number of hydrogen-bond donors (Lipinski definition) is 1. The summed E-state index contributed by atoms with van der Waals surface area (Å²) < 4.78 is 10.5. The van der Waals surface area contributed by atoms with Gasteiger partial charge in [0.2, 0.25) is 0 Å². The number of benzene rings is 1. The molecule has 1 aromatic heterocycles. The minimum Gasteiger partial charge on any atom is -0.497 e. The van der Waals surface area contributed by atoms with Crippen molar-refractivity contribution < 1.29 is 19.1 Å². The molecule has 0 atom stereocenters. The molecule has 28 heavy (non-hydrogen) atoms. The Morgan fingerprint density at radius 2 is 1.75 bits per heavy atom. The Kier molecular flexibility index (Phi) is 7.61. The first-order valence-electron chi connectivity index (χ1n) is 8.52. The Morgan fingerprint density at radius 3 is 2.29 bits per heavy atom. The van der Waals surface area contributed by atoms with Gasteiger partial charge in [-0.05, 0) is 12.1 Å². The maximum atomic E-state index is 12.8. The van der Waals surface area contributed by atoms with Crippen LogP contribution in [-0.4, -0.2) is 67.0 Å². The lowest BCUT2D eigenvalue weighted by molar-refractivity contribution is 0.0531. The molecule has 3 rings (SSSR count). The summed E-state index contributed by atoms with van der Waals surface area (Å²) in [7, 11) is 3.08. The summed E-state index contributed by atoms with van der Waals surface area (Å²) in [5.41, 5.74) is 6.44. The number of carbonyl (C=O) groups excluding carboxylic acids is 2. The van der Waals surface area contributed by atoms with E-state index in [1.807, 2.05) is 0 Å². The van der Waals surface area contributed by atoms with Crippen molar-refractivity contribution in [2.24, 2.45) is 5.73 Å². The number of piperazine rings is 1. The number of rotatable bonds is 5. The number of methoxy groups -OCH3 is 2. The number of carbonyl (C=O) groups is 2. The molecule has 2 amide bonds. The van der Waals surface area contributed by atoms with Crippen LogP contribution in [0.5, 0.6) is 11.5 Å². The van der Waals surface area contributed by atoms with Crippen molar-refractivity contribution in [3.63, 3.8) is 0 Å². The monoisotopic (exact) mass is 426 g/mol. The van der Waals surface area contributed by atoms with Gasteiger partial charge in [-0.1, -0.05) is 0 Å². The van der Waals surface area contributed by atoms with Crippen LogP contribution >= 0.6 is 23.7 Å². The van der Waals surface area contributed by atoms with Crippen molar-refractivity contribution in [2.75, 3.05) is 40.4 Å². The fraction of sp³-hybridized carbons (Fsp3) is 0.389. The van der Waals surface area contributed by atoms with Crippen molar-refractivity contribution >= 4 is 35.6 Å². The first-order valence-corrected chi connectivity index (χ1v) is 9.40. The Hall–Kier alpha value is -2.36. The summed E-state index contributed by atoms with van der Waals surface area (Å²) in [5, 5.41) is 2.46. The number of thiazole rings is 1. The molecular formula is C18H23ClN4O4S. The van der Waals surface area contributed by atoms with Crippen LogP contribution in [0.1, 0.15) is 25.9 Å². The van der Waals surface area contributed by atoms with Gasteiger partial charge in [-0.2, -0.15) is 0 Å².